The minimum Gasteiger partial charge on any atom is -0.462 e. The average molecular weight is 1510 g/mol. The van der Waals surface area contributed by atoms with Crippen molar-refractivity contribution in [1.29, 1.82) is 0 Å². The summed E-state index contributed by atoms with van der Waals surface area (Å²) >= 11 is 0. The van der Waals surface area contributed by atoms with Gasteiger partial charge in [0.05, 0.1) is 26.4 Å². The van der Waals surface area contributed by atoms with Crippen molar-refractivity contribution in [3.63, 3.8) is 0 Å². The van der Waals surface area contributed by atoms with Crippen molar-refractivity contribution in [3.8, 4) is 0 Å². The minimum absolute atomic E-state index is 0.108. The van der Waals surface area contributed by atoms with E-state index in [0.29, 0.717) is 25.7 Å². The van der Waals surface area contributed by atoms with Gasteiger partial charge in [-0.1, -0.05) is 401 Å². The molecule has 612 valence electrons. The predicted octanol–water partition coefficient (Wildman–Crippen LogP) is 25.6. The van der Waals surface area contributed by atoms with Crippen LogP contribution in [0.2, 0.25) is 0 Å². The number of carbonyl (C=O) groups excluding carboxylic acids is 4. The highest BCUT2D eigenvalue weighted by atomic mass is 31.2. The molecular formula is C84H164O17P2. The first-order valence-corrected chi connectivity index (χ1v) is 46.6. The summed E-state index contributed by atoms with van der Waals surface area (Å²) in [4.78, 5) is 73.0. The van der Waals surface area contributed by atoms with Gasteiger partial charge in [0.1, 0.15) is 19.3 Å². The molecule has 0 aliphatic rings. The Morgan fingerprint density at radius 3 is 0.660 bits per heavy atom. The molecule has 0 radical (unpaired) electrons. The second kappa shape index (κ2) is 76.8. The van der Waals surface area contributed by atoms with E-state index in [9.17, 15) is 43.2 Å². The zero-order valence-electron chi connectivity index (χ0n) is 67.5. The van der Waals surface area contributed by atoms with E-state index < -0.39 is 97.5 Å². The predicted molar refractivity (Wildman–Crippen MR) is 423 cm³/mol. The van der Waals surface area contributed by atoms with Crippen molar-refractivity contribution in [2.75, 3.05) is 39.6 Å². The fourth-order valence-electron chi connectivity index (χ4n) is 13.1. The maximum absolute atomic E-state index is 13.1. The molecule has 0 saturated carbocycles. The molecule has 0 heterocycles. The van der Waals surface area contributed by atoms with Gasteiger partial charge in [-0.2, -0.15) is 0 Å². The van der Waals surface area contributed by atoms with Crippen LogP contribution in [0.15, 0.2) is 0 Å². The summed E-state index contributed by atoms with van der Waals surface area (Å²) in [6, 6.07) is 0. The summed E-state index contributed by atoms with van der Waals surface area (Å²) in [7, 11) is -9.92. The molecule has 0 spiro atoms. The molecule has 0 bridgehead atoms. The van der Waals surface area contributed by atoms with E-state index in [2.05, 4.69) is 34.6 Å². The lowest BCUT2D eigenvalue weighted by atomic mass is 10.0. The fourth-order valence-corrected chi connectivity index (χ4v) is 14.7. The Morgan fingerprint density at radius 1 is 0.262 bits per heavy atom. The second-order valence-electron chi connectivity index (χ2n) is 30.7. The van der Waals surface area contributed by atoms with Crippen molar-refractivity contribution in [2.24, 2.45) is 5.92 Å². The van der Waals surface area contributed by atoms with Crippen LogP contribution in [0, 0.1) is 5.92 Å². The molecule has 5 atom stereocenters. The summed E-state index contributed by atoms with van der Waals surface area (Å²) < 4.78 is 68.7. The molecule has 19 heteroatoms. The summed E-state index contributed by atoms with van der Waals surface area (Å²) in [5, 5.41) is 10.6. The first-order chi connectivity index (χ1) is 50.0. The van der Waals surface area contributed by atoms with Crippen LogP contribution in [0.4, 0.5) is 0 Å². The number of ether oxygens (including phenoxy) is 4. The van der Waals surface area contributed by atoms with Gasteiger partial charge in [-0.3, -0.25) is 37.3 Å². The summed E-state index contributed by atoms with van der Waals surface area (Å²) in [5.74, 6) is -1.31. The molecule has 0 rings (SSSR count). The lowest BCUT2D eigenvalue weighted by Crippen LogP contribution is -2.30. The van der Waals surface area contributed by atoms with Crippen LogP contribution in [0.3, 0.4) is 0 Å². The average Bonchev–Trinajstić information content (AvgIpc) is 0.910. The molecule has 0 aromatic carbocycles. The van der Waals surface area contributed by atoms with Crippen LogP contribution < -0.4 is 0 Å². The molecule has 0 amide bonds. The van der Waals surface area contributed by atoms with Gasteiger partial charge in [-0.25, -0.2) is 9.13 Å². The van der Waals surface area contributed by atoms with E-state index in [0.717, 1.165) is 109 Å². The van der Waals surface area contributed by atoms with Crippen molar-refractivity contribution >= 4 is 39.5 Å². The monoisotopic (exact) mass is 1510 g/mol. The van der Waals surface area contributed by atoms with E-state index in [4.69, 9.17) is 37.0 Å². The Morgan fingerprint density at radius 2 is 0.447 bits per heavy atom. The van der Waals surface area contributed by atoms with Crippen LogP contribution in [0.1, 0.15) is 452 Å². The standard InChI is InChI=1S/C84H164O17P2/c1-6-9-12-15-18-20-22-24-26-28-30-31-32-34-36-41-45-49-54-59-64-70-84(89)101-80(74-95-82(87)68-63-58-53-48-44-40-35-33-29-27-25-23-21-19-16-13-10-7-2)76-99-103(92,93)97-72-78(85)71-96-102(90,91)98-75-79(73-94-81(86)67-62-57-51-17-14-11-8-3)100-83(88)69-65-60-55-50-46-42-38-37-39-43-47-52-56-61-66-77(4)5/h77-80,85H,6-76H2,1-5H3,(H,90,91)(H,92,93)/t78-,79+,80+/m0/s1. The van der Waals surface area contributed by atoms with Crippen molar-refractivity contribution in [3.05, 3.63) is 0 Å². The number of phosphoric acid groups is 2. The lowest BCUT2D eigenvalue weighted by molar-refractivity contribution is -0.161. The highest BCUT2D eigenvalue weighted by Crippen LogP contribution is 2.45. The molecule has 0 aromatic heterocycles. The summed E-state index contributed by atoms with van der Waals surface area (Å²) in [6.07, 6.45) is 69.7. The van der Waals surface area contributed by atoms with E-state index in [1.807, 2.05) is 0 Å². The molecule has 3 N–H and O–H groups in total. The topological polar surface area (TPSA) is 237 Å². The normalized spacial score (nSPS) is 13.8. The van der Waals surface area contributed by atoms with Gasteiger partial charge >= 0.3 is 39.5 Å². The molecule has 17 nitrogen and oxygen atoms in total. The van der Waals surface area contributed by atoms with Crippen LogP contribution in [-0.4, -0.2) is 96.7 Å². The number of aliphatic hydroxyl groups is 1. The van der Waals surface area contributed by atoms with E-state index in [1.165, 1.54) is 263 Å². The number of phosphoric ester groups is 2. The smallest absolute Gasteiger partial charge is 0.462 e. The molecule has 0 aliphatic heterocycles. The van der Waals surface area contributed by atoms with E-state index in [1.54, 1.807) is 0 Å². The number of aliphatic hydroxyl groups excluding tert-OH is 1. The Labute approximate surface area is 632 Å². The van der Waals surface area contributed by atoms with E-state index in [-0.39, 0.29) is 25.7 Å². The maximum Gasteiger partial charge on any atom is 0.472 e. The SMILES string of the molecule is CCCCCCCCCCCCCCCCCCCCCCCC(=O)O[C@H](COC(=O)CCCCCCCCCCCCCCCCCCCC)COP(=O)(O)OC[C@@H](O)COP(=O)(O)OC[C@@H](COC(=O)CCCCCCCCC)OC(=O)CCCCCCCCCCCCCCCCC(C)C. The Hall–Kier alpha value is -1.94. The largest absolute Gasteiger partial charge is 0.472 e. The van der Waals surface area contributed by atoms with Crippen LogP contribution >= 0.6 is 15.6 Å². The van der Waals surface area contributed by atoms with Crippen LogP contribution in [-0.2, 0) is 65.4 Å². The Balaban J connectivity index is 5.16. The third-order valence-corrected chi connectivity index (χ3v) is 21.7. The number of esters is 4. The zero-order valence-corrected chi connectivity index (χ0v) is 69.3. The van der Waals surface area contributed by atoms with Gasteiger partial charge in [0.2, 0.25) is 0 Å². The fraction of sp³-hybridized carbons (Fsp3) is 0.952. The third-order valence-electron chi connectivity index (χ3n) is 19.8. The molecule has 0 fully saturated rings. The maximum atomic E-state index is 13.1. The number of hydrogen-bond donors (Lipinski definition) is 3. The summed E-state index contributed by atoms with van der Waals surface area (Å²) in [6.45, 7) is 7.33. The van der Waals surface area contributed by atoms with Gasteiger partial charge in [0, 0.05) is 25.7 Å². The van der Waals surface area contributed by atoms with Gasteiger partial charge in [-0.05, 0) is 31.6 Å². The lowest BCUT2D eigenvalue weighted by Gasteiger charge is -2.21. The van der Waals surface area contributed by atoms with E-state index >= 15 is 0 Å². The van der Waals surface area contributed by atoms with Gasteiger partial charge in [0.25, 0.3) is 0 Å². The molecule has 0 aromatic rings. The zero-order chi connectivity index (χ0) is 75.5. The number of unbranched alkanes of at least 4 members (excludes halogenated alkanes) is 56. The summed E-state index contributed by atoms with van der Waals surface area (Å²) in [5.41, 5.74) is 0. The van der Waals surface area contributed by atoms with Crippen LogP contribution in [0.25, 0.3) is 0 Å². The van der Waals surface area contributed by atoms with Gasteiger partial charge < -0.3 is 33.8 Å². The molecule has 0 saturated heterocycles. The Kier molecular flexibility index (Phi) is 75.4. The highest BCUT2D eigenvalue weighted by Gasteiger charge is 2.30. The quantitative estimate of drug-likeness (QED) is 0.0222. The van der Waals surface area contributed by atoms with Crippen molar-refractivity contribution in [2.45, 2.75) is 470 Å². The van der Waals surface area contributed by atoms with Crippen molar-refractivity contribution < 1.29 is 80.2 Å². The molecule has 2 unspecified atom stereocenters. The number of rotatable bonds is 84. The minimum atomic E-state index is -4.96. The first-order valence-electron chi connectivity index (χ1n) is 43.6. The first kappa shape index (κ1) is 101. The number of carbonyl (C=O) groups is 4. The van der Waals surface area contributed by atoms with Gasteiger partial charge in [0.15, 0.2) is 12.2 Å². The third kappa shape index (κ3) is 78.0. The molecule has 103 heavy (non-hydrogen) atoms. The Bertz CT molecular complexity index is 1960. The van der Waals surface area contributed by atoms with Crippen molar-refractivity contribution in [1.82, 2.24) is 0 Å². The van der Waals surface area contributed by atoms with Gasteiger partial charge in [-0.15, -0.1) is 0 Å². The molecular weight excluding hydrogens is 1340 g/mol. The molecule has 0 aliphatic carbocycles. The van der Waals surface area contributed by atoms with Crippen LogP contribution in [0.5, 0.6) is 0 Å². The number of hydrogen-bond acceptors (Lipinski definition) is 15. The second-order valence-corrected chi connectivity index (χ2v) is 33.6. The highest BCUT2D eigenvalue weighted by molar-refractivity contribution is 7.47.